The molecule has 1 saturated heterocycles. The Bertz CT molecular complexity index is 1400. The molecule has 3 aromatic rings. The molecule has 2 bridgehead atoms. The number of hydrogen-bond donors (Lipinski definition) is 2. The van der Waals surface area contributed by atoms with Gasteiger partial charge < -0.3 is 14.9 Å². The van der Waals surface area contributed by atoms with E-state index >= 15 is 0 Å². The highest BCUT2D eigenvalue weighted by atomic mass is 35.5. The highest BCUT2D eigenvalue weighted by molar-refractivity contribution is 6.33. The number of aromatic hydroxyl groups is 1. The van der Waals surface area contributed by atoms with Crippen LogP contribution < -0.4 is 4.74 Å². The van der Waals surface area contributed by atoms with Crippen LogP contribution in [0.15, 0.2) is 48.7 Å². The predicted molar refractivity (Wildman–Crippen MR) is 133 cm³/mol. The molecule has 4 atom stereocenters. The largest absolute Gasteiger partial charge is 0.504 e. The maximum Gasteiger partial charge on any atom is 0.166 e. The highest BCUT2D eigenvalue weighted by Crippen LogP contribution is 2.68. The zero-order valence-electron chi connectivity index (χ0n) is 19.4. The molecule has 3 aliphatic carbocycles. The fourth-order valence-corrected chi connectivity index (χ4v) is 7.93. The molecule has 5 aliphatic rings. The second-order valence-corrected chi connectivity index (χ2v) is 11.6. The molecule has 2 fully saturated rings. The first-order valence-electron chi connectivity index (χ1n) is 12.7. The van der Waals surface area contributed by atoms with Crippen molar-refractivity contribution in [1.82, 2.24) is 9.88 Å². The van der Waals surface area contributed by atoms with Gasteiger partial charge in [0.2, 0.25) is 0 Å². The molecule has 0 radical (unpaired) electrons. The number of piperidine rings is 1. The number of phenols is 1. The molecule has 1 aromatic heterocycles. The Balaban J connectivity index is 1.34. The molecule has 0 unspecified atom stereocenters. The van der Waals surface area contributed by atoms with Crippen molar-refractivity contribution in [3.8, 4) is 22.6 Å². The SMILES string of the molecule is Oc1ccc2c3c1O[C@H]1c4ncc(-c5ccccc5Cl)cc4C[C@@]4(O)[C@@H](C2)N(CC2CC2)CC[C@]314. The van der Waals surface area contributed by atoms with Crippen LogP contribution in [0.1, 0.15) is 47.8 Å². The molecule has 5 nitrogen and oxygen atoms in total. The number of hydrogen-bond acceptors (Lipinski definition) is 5. The summed E-state index contributed by atoms with van der Waals surface area (Å²) in [6.45, 7) is 1.99. The molecule has 3 heterocycles. The van der Waals surface area contributed by atoms with Crippen LogP contribution in [0.4, 0.5) is 0 Å². The number of halogens is 1. The van der Waals surface area contributed by atoms with E-state index in [2.05, 4.69) is 11.0 Å². The lowest BCUT2D eigenvalue weighted by atomic mass is 9.49. The quantitative estimate of drug-likeness (QED) is 0.556. The molecule has 2 N–H and O–H groups in total. The molecule has 8 rings (SSSR count). The number of pyridine rings is 1. The Morgan fingerprint density at radius 3 is 2.83 bits per heavy atom. The van der Waals surface area contributed by atoms with Gasteiger partial charge in [-0.25, -0.2) is 0 Å². The van der Waals surface area contributed by atoms with Gasteiger partial charge >= 0.3 is 0 Å². The van der Waals surface area contributed by atoms with Crippen molar-refractivity contribution in [2.45, 2.75) is 55.3 Å². The summed E-state index contributed by atoms with van der Waals surface area (Å²) in [5, 5.41) is 24.3. The van der Waals surface area contributed by atoms with Gasteiger partial charge in [0.25, 0.3) is 0 Å². The fraction of sp³-hybridized carbons (Fsp3) is 0.414. The van der Waals surface area contributed by atoms with E-state index in [0.717, 1.165) is 59.8 Å². The number of aliphatic hydroxyl groups is 1. The van der Waals surface area contributed by atoms with Gasteiger partial charge in [-0.2, -0.15) is 0 Å². The molecule has 1 saturated carbocycles. The normalized spacial score (nSPS) is 32.1. The molecule has 2 aliphatic heterocycles. The molecule has 35 heavy (non-hydrogen) atoms. The van der Waals surface area contributed by atoms with Crippen LogP contribution >= 0.6 is 11.6 Å². The Labute approximate surface area is 209 Å². The number of rotatable bonds is 3. The van der Waals surface area contributed by atoms with Crippen molar-refractivity contribution in [3.63, 3.8) is 0 Å². The van der Waals surface area contributed by atoms with Gasteiger partial charge in [-0.3, -0.25) is 9.88 Å². The van der Waals surface area contributed by atoms with Gasteiger partial charge in [-0.15, -0.1) is 0 Å². The predicted octanol–water partition coefficient (Wildman–Crippen LogP) is 4.81. The lowest BCUT2D eigenvalue weighted by molar-refractivity contribution is -0.173. The molecule has 0 amide bonds. The summed E-state index contributed by atoms with van der Waals surface area (Å²) in [6, 6.07) is 13.7. The zero-order chi connectivity index (χ0) is 23.5. The summed E-state index contributed by atoms with van der Waals surface area (Å²) in [6.07, 6.45) is 6.14. The fourth-order valence-electron chi connectivity index (χ4n) is 7.68. The van der Waals surface area contributed by atoms with Crippen LogP contribution in [0.25, 0.3) is 11.1 Å². The lowest BCUT2D eigenvalue weighted by Gasteiger charge is -2.63. The second-order valence-electron chi connectivity index (χ2n) is 11.2. The van der Waals surface area contributed by atoms with Crippen LogP contribution in [-0.4, -0.2) is 44.8 Å². The van der Waals surface area contributed by atoms with E-state index in [-0.39, 0.29) is 11.8 Å². The zero-order valence-corrected chi connectivity index (χ0v) is 20.1. The standard InChI is InChI=1S/C29H27ClN2O3/c30-21-4-2-1-3-20(21)19-11-18-13-29(34)23-12-17-7-8-22(33)26-24(17)28(29,27(35-26)25(18)31-14-19)9-10-32(23)15-16-5-6-16/h1-4,7-8,11,14,16,23,27,33-34H,5-6,9-10,12-13,15H2/t23-,27+,28+,29-/m1/s1. The number of benzene rings is 2. The Morgan fingerprint density at radius 1 is 1.14 bits per heavy atom. The lowest BCUT2D eigenvalue weighted by Crippen LogP contribution is -2.74. The summed E-state index contributed by atoms with van der Waals surface area (Å²) >= 11 is 6.51. The van der Waals surface area contributed by atoms with Crippen molar-refractivity contribution >= 4 is 11.6 Å². The highest BCUT2D eigenvalue weighted by Gasteiger charge is 2.72. The minimum atomic E-state index is -0.995. The first-order chi connectivity index (χ1) is 17.0. The monoisotopic (exact) mass is 486 g/mol. The number of fused-ring (bicyclic) bond motifs is 2. The molecular weight excluding hydrogens is 460 g/mol. The van der Waals surface area contributed by atoms with Crippen LogP contribution in [0.2, 0.25) is 5.02 Å². The number of nitrogens with zero attached hydrogens (tertiary/aromatic N) is 2. The van der Waals surface area contributed by atoms with E-state index in [9.17, 15) is 10.2 Å². The topological polar surface area (TPSA) is 65.8 Å². The van der Waals surface area contributed by atoms with E-state index in [4.69, 9.17) is 21.3 Å². The van der Waals surface area contributed by atoms with Gasteiger partial charge in [-0.1, -0.05) is 35.9 Å². The van der Waals surface area contributed by atoms with Gasteiger partial charge in [0, 0.05) is 46.9 Å². The minimum absolute atomic E-state index is 0.0167. The molecule has 1 spiro atoms. The molecule has 178 valence electrons. The second kappa shape index (κ2) is 6.78. The maximum atomic E-state index is 12.8. The van der Waals surface area contributed by atoms with E-state index in [1.807, 2.05) is 36.5 Å². The first kappa shape index (κ1) is 20.6. The number of phenolic OH excluding ortho intramolecular Hbond substituents is 1. The summed E-state index contributed by atoms with van der Waals surface area (Å²) in [5.74, 6) is 1.46. The maximum absolute atomic E-state index is 12.8. The van der Waals surface area contributed by atoms with Gasteiger partial charge in [0.1, 0.15) is 0 Å². The van der Waals surface area contributed by atoms with Crippen molar-refractivity contribution < 1.29 is 14.9 Å². The van der Waals surface area contributed by atoms with Gasteiger partial charge in [0.15, 0.2) is 17.6 Å². The summed E-state index contributed by atoms with van der Waals surface area (Å²) in [4.78, 5) is 7.49. The third-order valence-corrected chi connectivity index (χ3v) is 9.74. The van der Waals surface area contributed by atoms with Gasteiger partial charge in [-0.05, 0) is 67.5 Å². The average molecular weight is 487 g/mol. The van der Waals surface area contributed by atoms with Crippen molar-refractivity contribution in [3.05, 3.63) is 76.1 Å². The third-order valence-electron chi connectivity index (χ3n) is 9.41. The smallest absolute Gasteiger partial charge is 0.166 e. The summed E-state index contributed by atoms with van der Waals surface area (Å²) in [7, 11) is 0. The van der Waals surface area contributed by atoms with Crippen LogP contribution in [0, 0.1) is 5.92 Å². The number of ether oxygens (including phenoxy) is 1. The minimum Gasteiger partial charge on any atom is -0.504 e. The first-order valence-corrected chi connectivity index (χ1v) is 13.1. The summed E-state index contributed by atoms with van der Waals surface area (Å²) in [5.41, 5.74) is 4.41. The van der Waals surface area contributed by atoms with E-state index in [1.54, 1.807) is 6.07 Å². The Morgan fingerprint density at radius 2 is 2.00 bits per heavy atom. The van der Waals surface area contributed by atoms with Crippen LogP contribution in [-0.2, 0) is 18.3 Å². The van der Waals surface area contributed by atoms with Crippen molar-refractivity contribution in [2.75, 3.05) is 13.1 Å². The van der Waals surface area contributed by atoms with E-state index < -0.39 is 17.1 Å². The average Bonchev–Trinajstić information content (AvgIpc) is 3.59. The van der Waals surface area contributed by atoms with Crippen molar-refractivity contribution in [2.24, 2.45) is 5.92 Å². The molecular formula is C29H27ClN2O3. The Kier molecular flexibility index (Phi) is 3.99. The van der Waals surface area contributed by atoms with Crippen LogP contribution in [0.3, 0.4) is 0 Å². The number of aromatic nitrogens is 1. The van der Waals surface area contributed by atoms with E-state index in [0.29, 0.717) is 17.2 Å². The van der Waals surface area contributed by atoms with Gasteiger partial charge in [0.05, 0.1) is 16.7 Å². The van der Waals surface area contributed by atoms with E-state index in [1.165, 1.54) is 18.4 Å². The molecule has 6 heteroatoms. The molecule has 2 aromatic carbocycles. The summed E-state index contributed by atoms with van der Waals surface area (Å²) < 4.78 is 6.58. The Hall–Kier alpha value is -2.60. The number of likely N-dealkylation sites (tertiary alicyclic amines) is 1. The van der Waals surface area contributed by atoms with Crippen LogP contribution in [0.5, 0.6) is 11.5 Å². The third kappa shape index (κ3) is 2.54. The van der Waals surface area contributed by atoms with Crippen molar-refractivity contribution in [1.29, 1.82) is 0 Å².